The lowest BCUT2D eigenvalue weighted by Gasteiger charge is -2.16. The number of hydrogen-bond acceptors (Lipinski definition) is 2. The fourth-order valence-corrected chi connectivity index (χ4v) is 3.04. The minimum absolute atomic E-state index is 0.0553. The molecule has 0 saturated heterocycles. The highest BCUT2D eigenvalue weighted by Gasteiger charge is 2.33. The van der Waals surface area contributed by atoms with Crippen molar-refractivity contribution in [2.45, 2.75) is 24.6 Å². The molecule has 3 nitrogen and oxygen atoms in total. The van der Waals surface area contributed by atoms with E-state index < -0.39 is 10.0 Å². The van der Waals surface area contributed by atoms with Crippen LogP contribution in [0.3, 0.4) is 0 Å². The van der Waals surface area contributed by atoms with Crippen LogP contribution >= 0.6 is 0 Å². The van der Waals surface area contributed by atoms with Crippen LogP contribution in [0.1, 0.15) is 18.4 Å². The molecule has 1 aliphatic carbocycles. The van der Waals surface area contributed by atoms with Gasteiger partial charge in [0.2, 0.25) is 10.0 Å². The average Bonchev–Trinajstić information content (AvgIpc) is 3.03. The third kappa shape index (κ3) is 2.59. The van der Waals surface area contributed by atoms with Crippen LogP contribution in [-0.2, 0) is 15.8 Å². The summed E-state index contributed by atoms with van der Waals surface area (Å²) in [5, 5.41) is 0. The van der Waals surface area contributed by atoms with Crippen molar-refractivity contribution < 1.29 is 12.8 Å². The van der Waals surface area contributed by atoms with E-state index in [1.54, 1.807) is 7.05 Å². The fraction of sp³-hybridized carbons (Fsp3) is 0.455. The Morgan fingerprint density at radius 2 is 1.88 bits per heavy atom. The fourth-order valence-electron chi connectivity index (χ4n) is 1.56. The van der Waals surface area contributed by atoms with Crippen molar-refractivity contribution in [1.82, 2.24) is 4.31 Å². The van der Waals surface area contributed by atoms with Gasteiger partial charge in [-0.1, -0.05) is 12.1 Å². The van der Waals surface area contributed by atoms with Gasteiger partial charge in [-0.05, 0) is 30.5 Å². The molecule has 0 atom stereocenters. The smallest absolute Gasteiger partial charge is 0.212 e. The summed E-state index contributed by atoms with van der Waals surface area (Å²) in [6.45, 7) is 0. The van der Waals surface area contributed by atoms with Gasteiger partial charge in [-0.2, -0.15) is 0 Å². The van der Waals surface area contributed by atoms with Crippen molar-refractivity contribution in [2.75, 3.05) is 7.05 Å². The molecule has 2 rings (SSSR count). The highest BCUT2D eigenvalue weighted by Crippen LogP contribution is 2.28. The van der Waals surface area contributed by atoms with Crippen molar-refractivity contribution in [1.29, 1.82) is 0 Å². The predicted molar refractivity (Wildman–Crippen MR) is 59.8 cm³/mol. The lowest BCUT2D eigenvalue weighted by atomic mass is 10.2. The van der Waals surface area contributed by atoms with Crippen LogP contribution in [0, 0.1) is 5.82 Å². The van der Waals surface area contributed by atoms with Gasteiger partial charge in [-0.25, -0.2) is 17.1 Å². The first-order valence-corrected chi connectivity index (χ1v) is 6.80. The van der Waals surface area contributed by atoms with E-state index in [0.717, 1.165) is 12.8 Å². The number of hydrogen-bond donors (Lipinski definition) is 0. The van der Waals surface area contributed by atoms with Crippen LogP contribution in [0.5, 0.6) is 0 Å². The lowest BCUT2D eigenvalue weighted by molar-refractivity contribution is 0.463. The second-order valence-corrected chi connectivity index (χ2v) is 6.16. The van der Waals surface area contributed by atoms with Crippen LogP contribution in [-0.4, -0.2) is 25.8 Å². The molecule has 0 bridgehead atoms. The summed E-state index contributed by atoms with van der Waals surface area (Å²) in [5.74, 6) is -0.406. The Morgan fingerprint density at radius 3 is 2.38 bits per heavy atom. The van der Waals surface area contributed by atoms with E-state index in [2.05, 4.69) is 0 Å². The van der Waals surface area contributed by atoms with Gasteiger partial charge in [0.1, 0.15) is 5.82 Å². The number of nitrogens with zero attached hydrogens (tertiary/aromatic N) is 1. The number of benzene rings is 1. The van der Waals surface area contributed by atoms with E-state index in [-0.39, 0.29) is 17.6 Å². The molecule has 0 amide bonds. The van der Waals surface area contributed by atoms with Gasteiger partial charge >= 0.3 is 0 Å². The summed E-state index contributed by atoms with van der Waals surface area (Å²) >= 11 is 0. The van der Waals surface area contributed by atoms with Gasteiger partial charge < -0.3 is 0 Å². The Morgan fingerprint density at radius 1 is 1.31 bits per heavy atom. The van der Waals surface area contributed by atoms with Crippen LogP contribution in [0.25, 0.3) is 0 Å². The van der Waals surface area contributed by atoms with Gasteiger partial charge in [0, 0.05) is 13.1 Å². The van der Waals surface area contributed by atoms with E-state index in [1.165, 1.54) is 28.6 Å². The topological polar surface area (TPSA) is 37.4 Å². The maximum Gasteiger partial charge on any atom is 0.218 e. The quantitative estimate of drug-likeness (QED) is 0.808. The third-order valence-corrected chi connectivity index (χ3v) is 4.64. The maximum atomic E-state index is 12.7. The molecule has 1 saturated carbocycles. The number of halogens is 1. The Hall–Kier alpha value is -0.940. The second-order valence-electron chi connectivity index (χ2n) is 4.13. The normalized spacial score (nSPS) is 16.7. The zero-order valence-corrected chi connectivity index (χ0v) is 9.87. The van der Waals surface area contributed by atoms with Crippen molar-refractivity contribution in [2.24, 2.45) is 0 Å². The molecular weight excluding hydrogens is 229 g/mol. The van der Waals surface area contributed by atoms with Gasteiger partial charge in [-0.15, -0.1) is 0 Å². The first-order valence-electron chi connectivity index (χ1n) is 5.19. The minimum Gasteiger partial charge on any atom is -0.212 e. The molecule has 0 aromatic heterocycles. The Kier molecular flexibility index (Phi) is 2.99. The van der Waals surface area contributed by atoms with Gasteiger partial charge in [0.05, 0.1) is 5.75 Å². The van der Waals surface area contributed by atoms with E-state index >= 15 is 0 Å². The monoisotopic (exact) mass is 243 g/mol. The molecule has 16 heavy (non-hydrogen) atoms. The Balaban J connectivity index is 2.11. The average molecular weight is 243 g/mol. The lowest BCUT2D eigenvalue weighted by Crippen LogP contribution is -2.30. The molecule has 1 aromatic rings. The van der Waals surface area contributed by atoms with Crippen molar-refractivity contribution in [3.63, 3.8) is 0 Å². The van der Waals surface area contributed by atoms with Gasteiger partial charge in [-0.3, -0.25) is 0 Å². The Bertz CT molecular complexity index is 465. The largest absolute Gasteiger partial charge is 0.218 e. The maximum absolute atomic E-state index is 12.7. The summed E-state index contributed by atoms with van der Waals surface area (Å²) in [6.07, 6.45) is 1.89. The number of rotatable bonds is 4. The molecule has 0 heterocycles. The van der Waals surface area contributed by atoms with Crippen molar-refractivity contribution >= 4 is 10.0 Å². The Labute approximate surface area is 94.9 Å². The summed E-state index contributed by atoms with van der Waals surface area (Å²) in [4.78, 5) is 0. The highest BCUT2D eigenvalue weighted by atomic mass is 32.2. The minimum atomic E-state index is -3.25. The van der Waals surface area contributed by atoms with E-state index in [4.69, 9.17) is 0 Å². The summed E-state index contributed by atoms with van der Waals surface area (Å²) in [5.41, 5.74) is 0.619. The van der Waals surface area contributed by atoms with E-state index in [9.17, 15) is 12.8 Å². The number of sulfonamides is 1. The molecular formula is C11H14FNO2S. The summed E-state index contributed by atoms with van der Waals surface area (Å²) in [6, 6.07) is 5.75. The zero-order valence-electron chi connectivity index (χ0n) is 9.06. The van der Waals surface area contributed by atoms with Crippen LogP contribution in [0.2, 0.25) is 0 Å². The molecule has 0 aliphatic heterocycles. The van der Waals surface area contributed by atoms with E-state index in [0.29, 0.717) is 5.56 Å². The van der Waals surface area contributed by atoms with Gasteiger partial charge in [0.25, 0.3) is 0 Å². The van der Waals surface area contributed by atoms with Crippen LogP contribution < -0.4 is 0 Å². The van der Waals surface area contributed by atoms with Crippen molar-refractivity contribution in [3.05, 3.63) is 35.6 Å². The van der Waals surface area contributed by atoms with E-state index in [1.807, 2.05) is 0 Å². The first-order chi connectivity index (χ1) is 7.49. The molecule has 5 heteroatoms. The molecule has 0 unspecified atom stereocenters. The molecule has 0 radical (unpaired) electrons. The van der Waals surface area contributed by atoms with Crippen molar-refractivity contribution in [3.8, 4) is 0 Å². The predicted octanol–water partition coefficient (Wildman–Crippen LogP) is 1.75. The first kappa shape index (κ1) is 11.5. The molecule has 1 aliphatic rings. The van der Waals surface area contributed by atoms with Crippen LogP contribution in [0.4, 0.5) is 4.39 Å². The van der Waals surface area contributed by atoms with Crippen LogP contribution in [0.15, 0.2) is 24.3 Å². The second kappa shape index (κ2) is 4.14. The molecule has 1 fully saturated rings. The molecule has 0 N–H and O–H groups in total. The standard InChI is InChI=1S/C11H14FNO2S/c1-13(11-6-7-11)16(14,15)8-9-2-4-10(12)5-3-9/h2-5,11H,6-8H2,1H3. The molecule has 0 spiro atoms. The zero-order chi connectivity index (χ0) is 11.8. The third-order valence-electron chi connectivity index (χ3n) is 2.76. The summed E-state index contributed by atoms with van der Waals surface area (Å²) in [7, 11) is -1.64. The molecule has 1 aromatic carbocycles. The van der Waals surface area contributed by atoms with Gasteiger partial charge in [0.15, 0.2) is 0 Å². The highest BCUT2D eigenvalue weighted by molar-refractivity contribution is 7.88. The molecule has 88 valence electrons. The summed E-state index contributed by atoms with van der Waals surface area (Å²) < 4.78 is 37.9. The SMILES string of the molecule is CN(C1CC1)S(=O)(=O)Cc1ccc(F)cc1.